The predicted octanol–water partition coefficient (Wildman–Crippen LogP) is 2.29. The molecule has 2 heteroatoms. The van der Waals surface area contributed by atoms with Gasteiger partial charge in [-0.15, -0.1) is 0 Å². The Bertz CT molecular complexity index is 161. The molecule has 2 unspecified atom stereocenters. The first-order valence-electron chi connectivity index (χ1n) is 4.45. The number of nitrogens with zero attached hydrogens (tertiary/aromatic N) is 1. The van der Waals surface area contributed by atoms with Gasteiger partial charge in [0.25, 0.3) is 0 Å². The van der Waals surface area contributed by atoms with Crippen molar-refractivity contribution in [2.24, 2.45) is 10.9 Å². The zero-order chi connectivity index (χ0) is 8.10. The minimum atomic E-state index is 0.284. The summed E-state index contributed by atoms with van der Waals surface area (Å²) in [6.07, 6.45) is 7.70. The maximum atomic E-state index is 10.0. The van der Waals surface area contributed by atoms with Crippen LogP contribution in [0, 0.1) is 5.92 Å². The Hall–Kier alpha value is -0.620. The summed E-state index contributed by atoms with van der Waals surface area (Å²) in [4.78, 5) is 13.9. The molecule has 1 fully saturated rings. The van der Waals surface area contributed by atoms with Gasteiger partial charge in [0.05, 0.1) is 6.04 Å². The maximum absolute atomic E-state index is 10.0. The van der Waals surface area contributed by atoms with E-state index in [4.69, 9.17) is 0 Å². The molecule has 2 atom stereocenters. The number of isocyanates is 1. The minimum absolute atomic E-state index is 0.284. The minimum Gasteiger partial charge on any atom is -0.211 e. The van der Waals surface area contributed by atoms with Gasteiger partial charge >= 0.3 is 0 Å². The van der Waals surface area contributed by atoms with Gasteiger partial charge in [0.15, 0.2) is 0 Å². The van der Waals surface area contributed by atoms with Crippen molar-refractivity contribution >= 4 is 6.08 Å². The van der Waals surface area contributed by atoms with Crippen LogP contribution in [0.25, 0.3) is 0 Å². The van der Waals surface area contributed by atoms with Crippen molar-refractivity contribution in [1.82, 2.24) is 0 Å². The Balaban J connectivity index is 2.50. The van der Waals surface area contributed by atoms with E-state index in [9.17, 15) is 4.79 Å². The second-order valence-electron chi connectivity index (χ2n) is 3.24. The molecule has 0 saturated heterocycles. The third-order valence-corrected chi connectivity index (χ3v) is 2.61. The van der Waals surface area contributed by atoms with Crippen LogP contribution in [0.5, 0.6) is 0 Å². The third kappa shape index (κ3) is 2.16. The van der Waals surface area contributed by atoms with Gasteiger partial charge in [0.1, 0.15) is 0 Å². The first-order chi connectivity index (χ1) is 5.38. The van der Waals surface area contributed by atoms with Gasteiger partial charge in [-0.1, -0.05) is 26.2 Å². The fourth-order valence-corrected chi connectivity index (χ4v) is 1.90. The van der Waals surface area contributed by atoms with Crippen LogP contribution < -0.4 is 0 Å². The lowest BCUT2D eigenvalue weighted by molar-refractivity contribution is 0.301. The van der Waals surface area contributed by atoms with E-state index in [1.165, 1.54) is 19.3 Å². The fraction of sp³-hybridized carbons (Fsp3) is 0.889. The molecule has 0 heterocycles. The topological polar surface area (TPSA) is 29.4 Å². The Labute approximate surface area is 67.7 Å². The van der Waals surface area contributed by atoms with Crippen molar-refractivity contribution < 1.29 is 4.79 Å². The van der Waals surface area contributed by atoms with Crippen LogP contribution >= 0.6 is 0 Å². The molecule has 1 saturated carbocycles. The van der Waals surface area contributed by atoms with Crippen molar-refractivity contribution in [3.63, 3.8) is 0 Å². The van der Waals surface area contributed by atoms with E-state index >= 15 is 0 Å². The maximum Gasteiger partial charge on any atom is 0.235 e. The lowest BCUT2D eigenvalue weighted by Crippen LogP contribution is -2.22. The zero-order valence-corrected chi connectivity index (χ0v) is 7.05. The summed E-state index contributed by atoms with van der Waals surface area (Å²) in [7, 11) is 0. The number of rotatable bonds is 2. The van der Waals surface area contributed by atoms with Gasteiger partial charge in [-0.25, -0.2) is 9.79 Å². The first-order valence-corrected chi connectivity index (χ1v) is 4.45. The molecule has 1 aliphatic rings. The van der Waals surface area contributed by atoms with Crippen LogP contribution in [-0.4, -0.2) is 12.1 Å². The Kier molecular flexibility index (Phi) is 3.31. The number of hydrogen-bond donors (Lipinski definition) is 0. The Morgan fingerprint density at radius 3 is 2.82 bits per heavy atom. The molecule has 0 amide bonds. The molecule has 2 nitrogen and oxygen atoms in total. The van der Waals surface area contributed by atoms with Gasteiger partial charge < -0.3 is 0 Å². The van der Waals surface area contributed by atoms with Gasteiger partial charge in [0.2, 0.25) is 6.08 Å². The van der Waals surface area contributed by atoms with E-state index in [1.54, 1.807) is 6.08 Å². The molecule has 0 aliphatic heterocycles. The lowest BCUT2D eigenvalue weighted by atomic mass is 9.83. The molecule has 62 valence electrons. The van der Waals surface area contributed by atoms with Gasteiger partial charge in [-0.05, 0) is 18.8 Å². The van der Waals surface area contributed by atoms with Crippen LogP contribution in [0.1, 0.15) is 39.0 Å². The van der Waals surface area contributed by atoms with Crippen molar-refractivity contribution in [2.45, 2.75) is 45.1 Å². The molecule has 0 aromatic rings. The van der Waals surface area contributed by atoms with E-state index in [-0.39, 0.29) is 6.04 Å². The molecular weight excluding hydrogens is 138 g/mol. The smallest absolute Gasteiger partial charge is 0.211 e. The molecule has 0 N–H and O–H groups in total. The predicted molar refractivity (Wildman–Crippen MR) is 44.2 cm³/mol. The summed E-state index contributed by atoms with van der Waals surface area (Å²) in [5.41, 5.74) is 0. The van der Waals surface area contributed by atoms with Crippen molar-refractivity contribution in [2.75, 3.05) is 0 Å². The van der Waals surface area contributed by atoms with Crippen LogP contribution in [-0.2, 0) is 4.79 Å². The van der Waals surface area contributed by atoms with Gasteiger partial charge in [0, 0.05) is 0 Å². The Morgan fingerprint density at radius 2 is 2.18 bits per heavy atom. The van der Waals surface area contributed by atoms with E-state index < -0.39 is 0 Å². The Morgan fingerprint density at radius 1 is 1.45 bits per heavy atom. The average molecular weight is 153 g/mol. The highest BCUT2D eigenvalue weighted by molar-refractivity contribution is 5.33. The van der Waals surface area contributed by atoms with Crippen molar-refractivity contribution in [3.8, 4) is 0 Å². The molecule has 11 heavy (non-hydrogen) atoms. The third-order valence-electron chi connectivity index (χ3n) is 2.61. The van der Waals surface area contributed by atoms with E-state index in [0.717, 1.165) is 12.8 Å². The summed E-state index contributed by atoms with van der Waals surface area (Å²) in [5, 5.41) is 0. The second kappa shape index (κ2) is 4.30. The molecule has 0 radical (unpaired) electrons. The summed E-state index contributed by atoms with van der Waals surface area (Å²) in [5.74, 6) is 0.644. The van der Waals surface area contributed by atoms with Gasteiger partial charge in [-0.3, -0.25) is 0 Å². The molecule has 0 spiro atoms. The quantitative estimate of drug-likeness (QED) is 0.442. The van der Waals surface area contributed by atoms with Crippen molar-refractivity contribution in [1.29, 1.82) is 0 Å². The highest BCUT2D eigenvalue weighted by Crippen LogP contribution is 2.28. The molecule has 0 aromatic carbocycles. The fourth-order valence-electron chi connectivity index (χ4n) is 1.90. The highest BCUT2D eigenvalue weighted by Gasteiger charge is 2.22. The van der Waals surface area contributed by atoms with Gasteiger partial charge in [-0.2, -0.15) is 0 Å². The van der Waals surface area contributed by atoms with Crippen LogP contribution in [0.15, 0.2) is 4.99 Å². The van der Waals surface area contributed by atoms with E-state index in [1.807, 2.05) is 0 Å². The van der Waals surface area contributed by atoms with Crippen molar-refractivity contribution in [3.05, 3.63) is 0 Å². The highest BCUT2D eigenvalue weighted by atomic mass is 16.1. The average Bonchev–Trinajstić information content (AvgIpc) is 2.06. The second-order valence-corrected chi connectivity index (χ2v) is 3.24. The molecule has 0 bridgehead atoms. The number of aliphatic imine (C=N–C) groups is 1. The molecule has 0 aromatic heterocycles. The molecule has 1 rings (SSSR count). The van der Waals surface area contributed by atoms with E-state index in [0.29, 0.717) is 5.92 Å². The van der Waals surface area contributed by atoms with Crippen LogP contribution in [0.4, 0.5) is 0 Å². The monoisotopic (exact) mass is 153 g/mol. The SMILES string of the molecule is CCC1CCCCC1N=C=O. The normalized spacial score (nSPS) is 31.0. The number of carbonyl (C=O) groups excluding carboxylic acids is 1. The van der Waals surface area contributed by atoms with E-state index in [2.05, 4.69) is 11.9 Å². The zero-order valence-electron chi connectivity index (χ0n) is 7.05. The largest absolute Gasteiger partial charge is 0.235 e. The lowest BCUT2D eigenvalue weighted by Gasteiger charge is -2.26. The van der Waals surface area contributed by atoms with Crippen LogP contribution in [0.3, 0.4) is 0 Å². The number of hydrogen-bond acceptors (Lipinski definition) is 2. The summed E-state index contributed by atoms with van der Waals surface area (Å²) < 4.78 is 0. The standard InChI is InChI=1S/C9H15NO/c1-2-8-5-3-4-6-9(8)10-7-11/h8-9H,2-6H2,1H3. The summed E-state index contributed by atoms with van der Waals surface area (Å²) in [6.45, 7) is 2.17. The summed E-state index contributed by atoms with van der Waals surface area (Å²) in [6, 6.07) is 0.284. The summed E-state index contributed by atoms with van der Waals surface area (Å²) >= 11 is 0. The van der Waals surface area contributed by atoms with Crippen LogP contribution in [0.2, 0.25) is 0 Å². The first kappa shape index (κ1) is 8.48. The molecule has 1 aliphatic carbocycles. The molecular formula is C9H15NO.